The van der Waals surface area contributed by atoms with E-state index in [9.17, 15) is 19.5 Å². The molecule has 3 amide bonds. The van der Waals surface area contributed by atoms with Gasteiger partial charge in [0.25, 0.3) is 0 Å². The second kappa shape index (κ2) is 10.4. The van der Waals surface area contributed by atoms with E-state index >= 15 is 0 Å². The second-order valence-electron chi connectivity index (χ2n) is 11.6. The third-order valence-electron chi connectivity index (χ3n) is 7.52. The maximum absolute atomic E-state index is 14.2. The van der Waals surface area contributed by atoms with Crippen molar-refractivity contribution in [3.8, 4) is 5.75 Å². The Kier molecular flexibility index (Phi) is 7.95. The third kappa shape index (κ3) is 5.01. The van der Waals surface area contributed by atoms with E-state index in [-0.39, 0.29) is 40.3 Å². The van der Waals surface area contributed by atoms with Crippen LogP contribution in [0, 0.1) is 17.8 Å². The van der Waals surface area contributed by atoms with Gasteiger partial charge in [0.1, 0.15) is 11.8 Å². The molecule has 0 aliphatic carbocycles. The molecular formula is C27H38BrN3O5S. The van der Waals surface area contributed by atoms with E-state index in [4.69, 9.17) is 4.74 Å². The number of nitrogens with one attached hydrogen (secondary N) is 2. The Hall–Kier alpha value is -1.78. The molecule has 3 fully saturated rings. The van der Waals surface area contributed by atoms with Gasteiger partial charge in [-0.1, -0.05) is 29.8 Å². The van der Waals surface area contributed by atoms with Gasteiger partial charge >= 0.3 is 0 Å². The number of likely N-dealkylation sites (tertiary alicyclic amines) is 1. The van der Waals surface area contributed by atoms with Crippen LogP contribution in [0.4, 0.5) is 5.69 Å². The standard InChI is InChI=1S/C27H38BrN3O5S/c1-7-36-16-10-8-15(9-11-16)29-23(33)19-20-25(35)31(18(13-32)14(2)3)22(24(34)30-26(4,5)6)27(20)12-17(28)21(19)37-27/h8-11,14,17-22,32H,7,12-13H2,1-6H3,(H,29,33)(H,30,34)/t17?,18-,19+,20-,21+,22?,27?/m0/s1. The highest BCUT2D eigenvalue weighted by atomic mass is 79.9. The van der Waals surface area contributed by atoms with Crippen molar-refractivity contribution in [1.29, 1.82) is 0 Å². The van der Waals surface area contributed by atoms with Crippen LogP contribution in [-0.2, 0) is 14.4 Å². The van der Waals surface area contributed by atoms with E-state index in [1.807, 2.05) is 41.5 Å². The summed E-state index contributed by atoms with van der Waals surface area (Å²) in [4.78, 5) is 43.3. The predicted octanol–water partition coefficient (Wildman–Crippen LogP) is 3.42. The van der Waals surface area contributed by atoms with E-state index in [1.165, 1.54) is 0 Å². The first-order valence-corrected chi connectivity index (χ1v) is 14.7. The van der Waals surface area contributed by atoms with Gasteiger partial charge < -0.3 is 25.4 Å². The van der Waals surface area contributed by atoms with Gasteiger partial charge in [0.05, 0.1) is 35.8 Å². The number of ether oxygens (including phenoxy) is 1. The number of hydrogen-bond donors (Lipinski definition) is 3. The Morgan fingerprint density at radius 2 is 1.89 bits per heavy atom. The molecule has 4 rings (SSSR count). The molecule has 3 unspecified atom stereocenters. The summed E-state index contributed by atoms with van der Waals surface area (Å²) in [6, 6.07) is 5.87. The summed E-state index contributed by atoms with van der Waals surface area (Å²) in [5.74, 6) is -1.29. The van der Waals surface area contributed by atoms with Crippen molar-refractivity contribution in [1.82, 2.24) is 10.2 Å². The molecule has 3 aliphatic heterocycles. The van der Waals surface area contributed by atoms with Crippen LogP contribution in [0.2, 0.25) is 0 Å². The number of halogens is 1. The number of alkyl halides is 1. The maximum Gasteiger partial charge on any atom is 0.244 e. The summed E-state index contributed by atoms with van der Waals surface area (Å²) < 4.78 is 4.74. The number of rotatable bonds is 8. The van der Waals surface area contributed by atoms with Crippen molar-refractivity contribution < 1.29 is 24.2 Å². The van der Waals surface area contributed by atoms with Crippen LogP contribution >= 0.6 is 27.7 Å². The molecule has 3 N–H and O–H groups in total. The van der Waals surface area contributed by atoms with E-state index in [0.717, 1.165) is 0 Å². The molecule has 3 aliphatic rings. The lowest BCUT2D eigenvalue weighted by Gasteiger charge is -2.39. The minimum absolute atomic E-state index is 0.0193. The van der Waals surface area contributed by atoms with Crippen molar-refractivity contribution in [3.63, 3.8) is 0 Å². The summed E-state index contributed by atoms with van der Waals surface area (Å²) in [5, 5.41) is 16.2. The minimum atomic E-state index is -0.776. The molecular weight excluding hydrogens is 558 g/mol. The van der Waals surface area contributed by atoms with Gasteiger partial charge in [-0.05, 0) is 64.3 Å². The van der Waals surface area contributed by atoms with Gasteiger partial charge in [-0.2, -0.15) is 0 Å². The average Bonchev–Trinajstić information content (AvgIpc) is 3.38. The highest BCUT2D eigenvalue weighted by molar-refractivity contribution is 9.09. The Labute approximate surface area is 231 Å². The molecule has 2 bridgehead atoms. The van der Waals surface area contributed by atoms with E-state index in [2.05, 4.69) is 26.6 Å². The van der Waals surface area contributed by atoms with Gasteiger partial charge in [-0.15, -0.1) is 11.8 Å². The highest BCUT2D eigenvalue weighted by Crippen LogP contribution is 2.68. The van der Waals surface area contributed by atoms with E-state index < -0.39 is 34.2 Å². The first-order valence-electron chi connectivity index (χ1n) is 12.9. The summed E-state index contributed by atoms with van der Waals surface area (Å²) >= 11 is 5.37. The number of benzene rings is 1. The normalized spacial score (nSPS) is 31.4. The molecule has 0 radical (unpaired) electrons. The van der Waals surface area contributed by atoms with Crippen molar-refractivity contribution in [2.24, 2.45) is 17.8 Å². The van der Waals surface area contributed by atoms with Crippen LogP contribution in [0.25, 0.3) is 0 Å². The first-order chi connectivity index (χ1) is 17.3. The highest BCUT2D eigenvalue weighted by Gasteiger charge is 2.76. The minimum Gasteiger partial charge on any atom is -0.494 e. The largest absolute Gasteiger partial charge is 0.494 e. The fourth-order valence-electron chi connectivity index (χ4n) is 6.11. The average molecular weight is 597 g/mol. The fraction of sp³-hybridized carbons (Fsp3) is 0.667. The van der Waals surface area contributed by atoms with Crippen molar-refractivity contribution >= 4 is 51.1 Å². The SMILES string of the molecule is CCOc1ccc(NC(=O)[C@H]2[C@@H]3SC4(CC3Br)C(C(=O)NC(C)(C)C)N([C@@H](CO)C(C)C)C(=O)[C@H]24)cc1. The van der Waals surface area contributed by atoms with Crippen LogP contribution in [0.1, 0.15) is 48.0 Å². The lowest BCUT2D eigenvalue weighted by Crippen LogP contribution is -2.60. The van der Waals surface area contributed by atoms with Gasteiger partial charge in [0.2, 0.25) is 17.7 Å². The van der Waals surface area contributed by atoms with E-state index in [0.29, 0.717) is 24.5 Å². The van der Waals surface area contributed by atoms with Crippen LogP contribution in [0.15, 0.2) is 24.3 Å². The molecule has 204 valence electrons. The van der Waals surface area contributed by atoms with Gasteiger partial charge in [0.15, 0.2) is 0 Å². The monoisotopic (exact) mass is 595 g/mol. The summed E-state index contributed by atoms with van der Waals surface area (Å²) in [6.07, 6.45) is 0.598. The molecule has 1 aromatic carbocycles. The van der Waals surface area contributed by atoms with Gasteiger partial charge in [0, 0.05) is 21.3 Å². The van der Waals surface area contributed by atoms with Crippen LogP contribution in [-0.4, -0.2) is 73.4 Å². The molecule has 37 heavy (non-hydrogen) atoms. The fourth-order valence-corrected chi connectivity index (χ4v) is 9.71. The predicted molar refractivity (Wildman–Crippen MR) is 149 cm³/mol. The van der Waals surface area contributed by atoms with Crippen LogP contribution in [0.5, 0.6) is 5.75 Å². The van der Waals surface area contributed by atoms with E-state index in [1.54, 1.807) is 40.9 Å². The number of thioether (sulfide) groups is 1. The second-order valence-corrected chi connectivity index (χ2v) is 14.3. The number of anilines is 1. The number of carbonyl (C=O) groups is 3. The third-order valence-corrected chi connectivity index (χ3v) is 10.7. The number of carbonyl (C=O) groups excluding carboxylic acids is 3. The molecule has 1 aromatic rings. The molecule has 8 nitrogen and oxygen atoms in total. The number of aliphatic hydroxyl groups excluding tert-OH is 1. The Morgan fingerprint density at radius 1 is 1.24 bits per heavy atom. The summed E-state index contributed by atoms with van der Waals surface area (Å²) in [7, 11) is 0. The van der Waals surface area contributed by atoms with Gasteiger partial charge in [-0.25, -0.2) is 0 Å². The number of aliphatic hydroxyl groups is 1. The van der Waals surface area contributed by atoms with Crippen molar-refractivity contribution in [2.75, 3.05) is 18.5 Å². The van der Waals surface area contributed by atoms with Crippen molar-refractivity contribution in [2.45, 2.75) is 80.4 Å². The maximum atomic E-state index is 14.2. The molecule has 7 atom stereocenters. The molecule has 10 heteroatoms. The Bertz CT molecular complexity index is 1050. The topological polar surface area (TPSA) is 108 Å². The Balaban J connectivity index is 1.70. The summed E-state index contributed by atoms with van der Waals surface area (Å²) in [5.41, 5.74) is 0.133. The zero-order valence-electron chi connectivity index (χ0n) is 22.3. The van der Waals surface area contributed by atoms with Gasteiger partial charge in [-0.3, -0.25) is 14.4 Å². The molecule has 3 saturated heterocycles. The molecule has 3 heterocycles. The zero-order valence-corrected chi connectivity index (χ0v) is 24.7. The lowest BCUT2D eigenvalue weighted by molar-refractivity contribution is -0.143. The zero-order chi connectivity index (χ0) is 27.3. The lowest BCUT2D eigenvalue weighted by atomic mass is 9.70. The number of nitrogens with zero attached hydrogens (tertiary/aromatic N) is 1. The van der Waals surface area contributed by atoms with Crippen molar-refractivity contribution in [3.05, 3.63) is 24.3 Å². The molecule has 0 saturated carbocycles. The number of amides is 3. The van der Waals surface area contributed by atoms with Crippen LogP contribution in [0.3, 0.4) is 0 Å². The molecule has 1 spiro atoms. The van der Waals surface area contributed by atoms with Crippen LogP contribution < -0.4 is 15.4 Å². The first kappa shape index (κ1) is 28.2. The smallest absolute Gasteiger partial charge is 0.244 e. The number of hydrogen-bond acceptors (Lipinski definition) is 6. The Morgan fingerprint density at radius 3 is 2.43 bits per heavy atom. The quantitative estimate of drug-likeness (QED) is 0.397. The number of fused-ring (bicyclic) bond motifs is 1. The summed E-state index contributed by atoms with van der Waals surface area (Å²) in [6.45, 7) is 11.8. The molecule has 0 aromatic heterocycles.